The monoisotopic (exact) mass is 317 g/mol. The first kappa shape index (κ1) is 15.1. The molecule has 2 atom stereocenters. The first-order chi connectivity index (χ1) is 10.4. The molecule has 0 spiro atoms. The van der Waals surface area contributed by atoms with Crippen molar-refractivity contribution in [2.24, 2.45) is 5.92 Å². The number of aliphatic hydroxyl groups excluding tert-OH is 1. The fourth-order valence-electron chi connectivity index (χ4n) is 2.90. The third kappa shape index (κ3) is 1.96. The molecule has 3 rings (SSSR count). The molecule has 1 aromatic carbocycles. The van der Waals surface area contributed by atoms with Crippen LogP contribution >= 0.6 is 0 Å². The number of allylic oxidation sites excluding steroid dienone is 3. The van der Waals surface area contributed by atoms with E-state index in [9.17, 15) is 13.5 Å². The Morgan fingerprint density at radius 3 is 2.68 bits per heavy atom. The SMILES string of the molecule is CC1C=CC=CC1(C)S(=O)(=O)n1cc(CO)c2ccccc21. The van der Waals surface area contributed by atoms with E-state index in [1.165, 1.54) is 10.2 Å². The lowest BCUT2D eigenvalue weighted by molar-refractivity contribution is 0.283. The Hall–Kier alpha value is -1.85. The highest BCUT2D eigenvalue weighted by Crippen LogP contribution is 2.36. The van der Waals surface area contributed by atoms with Gasteiger partial charge in [0.15, 0.2) is 0 Å². The van der Waals surface area contributed by atoms with Crippen molar-refractivity contribution in [1.29, 1.82) is 0 Å². The van der Waals surface area contributed by atoms with Gasteiger partial charge in [0.1, 0.15) is 4.75 Å². The van der Waals surface area contributed by atoms with Crippen LogP contribution < -0.4 is 0 Å². The number of rotatable bonds is 3. The largest absolute Gasteiger partial charge is 0.392 e. The molecule has 1 aliphatic rings. The lowest BCUT2D eigenvalue weighted by Crippen LogP contribution is -2.43. The van der Waals surface area contributed by atoms with E-state index in [2.05, 4.69) is 0 Å². The molecule has 116 valence electrons. The molecule has 0 amide bonds. The maximum absolute atomic E-state index is 13.3. The maximum Gasteiger partial charge on any atom is 0.248 e. The standard InChI is InChI=1S/C17H19NO3S/c1-13-7-5-6-10-17(13,2)22(20,21)18-11-14(12-19)15-8-3-4-9-16(15)18/h3-11,13,19H,12H2,1-2H3. The number of aromatic nitrogens is 1. The van der Waals surface area contributed by atoms with Crippen LogP contribution in [0.4, 0.5) is 0 Å². The molecule has 0 bridgehead atoms. The Labute approximate surface area is 130 Å². The minimum atomic E-state index is -3.66. The van der Waals surface area contributed by atoms with Crippen molar-refractivity contribution in [3.05, 3.63) is 60.3 Å². The van der Waals surface area contributed by atoms with Gasteiger partial charge in [-0.05, 0) is 18.9 Å². The zero-order valence-corrected chi connectivity index (χ0v) is 13.4. The summed E-state index contributed by atoms with van der Waals surface area (Å²) >= 11 is 0. The summed E-state index contributed by atoms with van der Waals surface area (Å²) in [7, 11) is -3.66. The predicted molar refractivity (Wildman–Crippen MR) is 88.0 cm³/mol. The van der Waals surface area contributed by atoms with E-state index in [0.717, 1.165) is 5.39 Å². The molecule has 1 aromatic heterocycles. The molecule has 1 aliphatic carbocycles. The zero-order chi connectivity index (χ0) is 16.0. The topological polar surface area (TPSA) is 59.3 Å². The minimum absolute atomic E-state index is 0.138. The molecule has 0 fully saturated rings. The van der Waals surface area contributed by atoms with Crippen molar-refractivity contribution >= 4 is 20.9 Å². The lowest BCUT2D eigenvalue weighted by Gasteiger charge is -2.32. The van der Waals surface area contributed by atoms with Gasteiger partial charge in [-0.15, -0.1) is 0 Å². The molecule has 0 saturated heterocycles. The Morgan fingerprint density at radius 1 is 1.27 bits per heavy atom. The van der Waals surface area contributed by atoms with Crippen LogP contribution in [0.3, 0.4) is 0 Å². The number of fused-ring (bicyclic) bond motifs is 1. The number of benzene rings is 1. The molecule has 5 heteroatoms. The second-order valence-electron chi connectivity index (χ2n) is 5.85. The van der Waals surface area contributed by atoms with E-state index in [-0.39, 0.29) is 12.5 Å². The van der Waals surface area contributed by atoms with Crippen LogP contribution in [-0.4, -0.2) is 22.2 Å². The molecule has 22 heavy (non-hydrogen) atoms. The van der Waals surface area contributed by atoms with E-state index >= 15 is 0 Å². The quantitative estimate of drug-likeness (QED) is 0.947. The van der Waals surface area contributed by atoms with Gasteiger partial charge in [0.25, 0.3) is 0 Å². The van der Waals surface area contributed by atoms with Crippen LogP contribution in [0, 0.1) is 5.92 Å². The van der Waals surface area contributed by atoms with Gasteiger partial charge in [-0.1, -0.05) is 49.4 Å². The highest BCUT2D eigenvalue weighted by molar-refractivity contribution is 7.91. The van der Waals surface area contributed by atoms with E-state index < -0.39 is 14.8 Å². The van der Waals surface area contributed by atoms with Gasteiger partial charge >= 0.3 is 0 Å². The van der Waals surface area contributed by atoms with E-state index in [1.54, 1.807) is 31.2 Å². The van der Waals surface area contributed by atoms with Crippen LogP contribution in [0.2, 0.25) is 0 Å². The Kier molecular flexibility index (Phi) is 3.50. The molecular formula is C17H19NO3S. The van der Waals surface area contributed by atoms with Gasteiger partial charge in [-0.2, -0.15) is 0 Å². The summed E-state index contributed by atoms with van der Waals surface area (Å²) < 4.78 is 26.8. The lowest BCUT2D eigenvalue weighted by atomic mass is 9.91. The average Bonchev–Trinajstić information content (AvgIpc) is 2.89. The van der Waals surface area contributed by atoms with Crippen molar-refractivity contribution < 1.29 is 13.5 Å². The van der Waals surface area contributed by atoms with Crippen LogP contribution in [0.5, 0.6) is 0 Å². The molecule has 0 radical (unpaired) electrons. The highest BCUT2D eigenvalue weighted by Gasteiger charge is 2.43. The third-order valence-corrected chi connectivity index (χ3v) is 7.03. The highest BCUT2D eigenvalue weighted by atomic mass is 32.2. The molecule has 0 saturated carbocycles. The van der Waals surface area contributed by atoms with Gasteiger partial charge in [-0.25, -0.2) is 12.4 Å². The summed E-state index contributed by atoms with van der Waals surface area (Å²) in [5, 5.41) is 10.3. The van der Waals surface area contributed by atoms with Gasteiger partial charge in [0.2, 0.25) is 10.0 Å². The zero-order valence-electron chi connectivity index (χ0n) is 12.6. The normalized spacial score (nSPS) is 25.0. The summed E-state index contributed by atoms with van der Waals surface area (Å²) in [6.07, 6.45) is 8.81. The molecular weight excluding hydrogens is 298 g/mol. The van der Waals surface area contributed by atoms with Crippen molar-refractivity contribution in [2.75, 3.05) is 0 Å². The fraction of sp³-hybridized carbons (Fsp3) is 0.294. The smallest absolute Gasteiger partial charge is 0.248 e. The summed E-state index contributed by atoms with van der Waals surface area (Å²) in [6.45, 7) is 3.45. The molecule has 1 heterocycles. The number of hydrogen-bond acceptors (Lipinski definition) is 3. The maximum atomic E-state index is 13.3. The predicted octanol–water partition coefficient (Wildman–Crippen LogP) is 2.83. The van der Waals surface area contributed by atoms with Crippen LogP contribution in [-0.2, 0) is 16.6 Å². The molecule has 1 N–H and O–H groups in total. The van der Waals surface area contributed by atoms with Gasteiger partial charge < -0.3 is 5.11 Å². The van der Waals surface area contributed by atoms with Gasteiger partial charge in [-0.3, -0.25) is 0 Å². The van der Waals surface area contributed by atoms with Gasteiger partial charge in [0.05, 0.1) is 12.1 Å². The second kappa shape index (κ2) is 5.11. The first-order valence-corrected chi connectivity index (χ1v) is 8.67. The Morgan fingerprint density at radius 2 is 2.00 bits per heavy atom. The Balaban J connectivity index is 2.27. The van der Waals surface area contributed by atoms with Crippen LogP contribution in [0.15, 0.2) is 54.8 Å². The van der Waals surface area contributed by atoms with Crippen LogP contribution in [0.1, 0.15) is 19.4 Å². The number of para-hydroxylation sites is 1. The molecule has 0 aliphatic heterocycles. The van der Waals surface area contributed by atoms with Gasteiger partial charge in [0, 0.05) is 17.1 Å². The molecule has 2 unspecified atom stereocenters. The number of nitrogens with zero attached hydrogens (tertiary/aromatic N) is 1. The van der Waals surface area contributed by atoms with Crippen molar-refractivity contribution in [3.8, 4) is 0 Å². The third-order valence-electron chi connectivity index (χ3n) is 4.59. The first-order valence-electron chi connectivity index (χ1n) is 7.23. The second-order valence-corrected chi connectivity index (χ2v) is 8.07. The minimum Gasteiger partial charge on any atom is -0.392 e. The van der Waals surface area contributed by atoms with E-state index in [4.69, 9.17) is 0 Å². The summed E-state index contributed by atoms with van der Waals surface area (Å²) in [4.78, 5) is 0. The summed E-state index contributed by atoms with van der Waals surface area (Å²) in [6, 6.07) is 7.24. The summed E-state index contributed by atoms with van der Waals surface area (Å²) in [5.41, 5.74) is 1.22. The number of hydrogen-bond donors (Lipinski definition) is 1. The molecule has 4 nitrogen and oxygen atoms in total. The van der Waals surface area contributed by atoms with E-state index in [1.807, 2.05) is 31.2 Å². The Bertz CT molecular complexity index is 876. The van der Waals surface area contributed by atoms with E-state index in [0.29, 0.717) is 11.1 Å². The van der Waals surface area contributed by atoms with Crippen molar-refractivity contribution in [3.63, 3.8) is 0 Å². The fourth-order valence-corrected chi connectivity index (χ4v) is 4.80. The van der Waals surface area contributed by atoms with Crippen molar-refractivity contribution in [2.45, 2.75) is 25.2 Å². The number of aliphatic hydroxyl groups is 1. The van der Waals surface area contributed by atoms with Crippen molar-refractivity contribution in [1.82, 2.24) is 3.97 Å². The molecule has 2 aromatic rings. The van der Waals surface area contributed by atoms with Crippen LogP contribution in [0.25, 0.3) is 10.9 Å². The summed E-state index contributed by atoms with van der Waals surface area (Å²) in [5.74, 6) is -0.138. The average molecular weight is 317 g/mol.